The Kier molecular flexibility index (Phi) is 3.18. The van der Waals surface area contributed by atoms with Crippen LogP contribution >= 0.6 is 0 Å². The summed E-state index contributed by atoms with van der Waals surface area (Å²) in [6.07, 6.45) is 9.67. The van der Waals surface area contributed by atoms with E-state index in [0.717, 1.165) is 31.7 Å². The Hall–Kier alpha value is -1.95. The average molecular weight is 245 g/mol. The molecule has 0 radical (unpaired) electrons. The lowest BCUT2D eigenvalue weighted by molar-refractivity contribution is 0.0940. The van der Waals surface area contributed by atoms with Gasteiger partial charge in [-0.25, -0.2) is 9.97 Å². The SMILES string of the molecule is c1cnc(Nc2cnn(CC3CCCO3)c2)nc1. The van der Waals surface area contributed by atoms with Gasteiger partial charge in [-0.1, -0.05) is 0 Å². The van der Waals surface area contributed by atoms with Gasteiger partial charge in [-0.05, 0) is 18.9 Å². The maximum Gasteiger partial charge on any atom is 0.227 e. The summed E-state index contributed by atoms with van der Waals surface area (Å²) in [7, 11) is 0. The van der Waals surface area contributed by atoms with E-state index in [-0.39, 0.29) is 0 Å². The van der Waals surface area contributed by atoms with Gasteiger partial charge in [-0.2, -0.15) is 5.10 Å². The topological polar surface area (TPSA) is 64.9 Å². The van der Waals surface area contributed by atoms with Gasteiger partial charge in [0.15, 0.2) is 0 Å². The molecule has 1 saturated heterocycles. The summed E-state index contributed by atoms with van der Waals surface area (Å²) < 4.78 is 7.47. The van der Waals surface area contributed by atoms with Gasteiger partial charge >= 0.3 is 0 Å². The highest BCUT2D eigenvalue weighted by Crippen LogP contribution is 2.15. The molecule has 0 spiro atoms. The smallest absolute Gasteiger partial charge is 0.227 e. The summed E-state index contributed by atoms with van der Waals surface area (Å²) in [6, 6.07) is 1.78. The first-order valence-electron chi connectivity index (χ1n) is 6.08. The largest absolute Gasteiger partial charge is 0.376 e. The second-order valence-electron chi connectivity index (χ2n) is 4.28. The molecular weight excluding hydrogens is 230 g/mol. The summed E-state index contributed by atoms with van der Waals surface area (Å²) in [4.78, 5) is 8.21. The van der Waals surface area contributed by atoms with Crippen molar-refractivity contribution >= 4 is 11.6 Å². The Morgan fingerprint density at radius 3 is 3.06 bits per heavy atom. The van der Waals surface area contributed by atoms with E-state index >= 15 is 0 Å². The molecule has 1 N–H and O–H groups in total. The molecule has 1 fully saturated rings. The quantitative estimate of drug-likeness (QED) is 0.886. The Bertz CT molecular complexity index is 492. The van der Waals surface area contributed by atoms with Crippen LogP contribution in [0.3, 0.4) is 0 Å². The minimum absolute atomic E-state index is 0.297. The van der Waals surface area contributed by atoms with E-state index in [1.165, 1.54) is 0 Å². The van der Waals surface area contributed by atoms with E-state index in [0.29, 0.717) is 12.1 Å². The van der Waals surface area contributed by atoms with Crippen LogP contribution in [0.15, 0.2) is 30.9 Å². The Morgan fingerprint density at radius 1 is 1.39 bits per heavy atom. The fourth-order valence-corrected chi connectivity index (χ4v) is 2.02. The van der Waals surface area contributed by atoms with E-state index in [1.807, 2.05) is 10.9 Å². The molecule has 6 heteroatoms. The summed E-state index contributed by atoms with van der Waals surface area (Å²) in [6.45, 7) is 1.67. The molecule has 0 saturated carbocycles. The second-order valence-corrected chi connectivity index (χ2v) is 4.28. The zero-order valence-electron chi connectivity index (χ0n) is 9.99. The maximum atomic E-state index is 5.58. The molecule has 1 unspecified atom stereocenters. The fourth-order valence-electron chi connectivity index (χ4n) is 2.02. The molecule has 2 aromatic heterocycles. The number of nitrogens with one attached hydrogen (secondary N) is 1. The van der Waals surface area contributed by atoms with Crippen molar-refractivity contribution in [3.8, 4) is 0 Å². The Balaban J connectivity index is 1.62. The first-order chi connectivity index (χ1) is 8.90. The first kappa shape index (κ1) is 11.2. The molecular formula is C12H15N5O. The molecule has 1 atom stereocenters. The van der Waals surface area contributed by atoms with E-state index in [2.05, 4.69) is 20.4 Å². The van der Waals surface area contributed by atoms with Crippen LogP contribution in [0.25, 0.3) is 0 Å². The molecule has 1 aliphatic rings. The highest BCUT2D eigenvalue weighted by atomic mass is 16.5. The van der Waals surface area contributed by atoms with Crippen molar-refractivity contribution in [3.05, 3.63) is 30.9 Å². The number of hydrogen-bond acceptors (Lipinski definition) is 5. The van der Waals surface area contributed by atoms with Crippen LogP contribution in [-0.4, -0.2) is 32.5 Å². The lowest BCUT2D eigenvalue weighted by Gasteiger charge is -2.08. The van der Waals surface area contributed by atoms with Crippen LogP contribution < -0.4 is 5.32 Å². The van der Waals surface area contributed by atoms with Crippen LogP contribution in [0.2, 0.25) is 0 Å². The lowest BCUT2D eigenvalue weighted by atomic mass is 10.2. The van der Waals surface area contributed by atoms with Crippen LogP contribution in [0.1, 0.15) is 12.8 Å². The molecule has 94 valence electrons. The number of nitrogens with zero attached hydrogens (tertiary/aromatic N) is 4. The normalized spacial score (nSPS) is 19.0. The van der Waals surface area contributed by atoms with Gasteiger partial charge in [-0.15, -0.1) is 0 Å². The zero-order valence-corrected chi connectivity index (χ0v) is 9.99. The molecule has 0 aromatic carbocycles. The summed E-state index contributed by atoms with van der Waals surface area (Å²) in [5, 5.41) is 7.40. The third kappa shape index (κ3) is 2.65. The molecule has 1 aliphatic heterocycles. The molecule has 3 heterocycles. The maximum absolute atomic E-state index is 5.58. The second kappa shape index (κ2) is 5.14. The minimum atomic E-state index is 0.297. The van der Waals surface area contributed by atoms with Crippen LogP contribution in [-0.2, 0) is 11.3 Å². The monoisotopic (exact) mass is 245 g/mol. The van der Waals surface area contributed by atoms with Gasteiger partial charge in [0.2, 0.25) is 5.95 Å². The number of anilines is 2. The lowest BCUT2D eigenvalue weighted by Crippen LogP contribution is -2.15. The van der Waals surface area contributed by atoms with Crippen molar-refractivity contribution in [1.82, 2.24) is 19.7 Å². The third-order valence-corrected chi connectivity index (χ3v) is 2.87. The number of aromatic nitrogens is 4. The average Bonchev–Trinajstić information content (AvgIpc) is 3.03. The van der Waals surface area contributed by atoms with E-state index in [4.69, 9.17) is 4.74 Å². The van der Waals surface area contributed by atoms with Gasteiger partial charge < -0.3 is 10.1 Å². The molecule has 3 rings (SSSR count). The van der Waals surface area contributed by atoms with Gasteiger partial charge in [-0.3, -0.25) is 4.68 Å². The van der Waals surface area contributed by atoms with E-state index in [9.17, 15) is 0 Å². The van der Waals surface area contributed by atoms with Crippen molar-refractivity contribution in [1.29, 1.82) is 0 Å². The van der Waals surface area contributed by atoms with Crippen LogP contribution in [0.4, 0.5) is 11.6 Å². The molecule has 2 aromatic rings. The van der Waals surface area contributed by atoms with Crippen molar-refractivity contribution in [2.24, 2.45) is 0 Å². The minimum Gasteiger partial charge on any atom is -0.376 e. The van der Waals surface area contributed by atoms with Gasteiger partial charge in [0, 0.05) is 25.2 Å². The molecule has 0 amide bonds. The highest BCUT2D eigenvalue weighted by molar-refractivity contribution is 5.49. The van der Waals surface area contributed by atoms with Crippen LogP contribution in [0, 0.1) is 0 Å². The van der Waals surface area contributed by atoms with Crippen molar-refractivity contribution in [2.75, 3.05) is 11.9 Å². The van der Waals surface area contributed by atoms with E-state index < -0.39 is 0 Å². The number of ether oxygens (including phenoxy) is 1. The zero-order chi connectivity index (χ0) is 12.2. The number of rotatable bonds is 4. The molecule has 6 nitrogen and oxygen atoms in total. The highest BCUT2D eigenvalue weighted by Gasteiger charge is 2.16. The molecule has 18 heavy (non-hydrogen) atoms. The van der Waals surface area contributed by atoms with E-state index in [1.54, 1.807) is 24.7 Å². The molecule has 0 bridgehead atoms. The summed E-state index contributed by atoms with van der Waals surface area (Å²) in [5.41, 5.74) is 0.888. The Labute approximate surface area is 105 Å². The fraction of sp³-hybridized carbons (Fsp3) is 0.417. The molecule has 0 aliphatic carbocycles. The summed E-state index contributed by atoms with van der Waals surface area (Å²) in [5.74, 6) is 0.578. The predicted molar refractivity (Wildman–Crippen MR) is 66.5 cm³/mol. The Morgan fingerprint density at radius 2 is 2.28 bits per heavy atom. The predicted octanol–water partition coefficient (Wildman–Crippen LogP) is 1.60. The van der Waals surface area contributed by atoms with Gasteiger partial charge in [0.1, 0.15) is 0 Å². The van der Waals surface area contributed by atoms with Crippen LogP contribution in [0.5, 0.6) is 0 Å². The first-order valence-corrected chi connectivity index (χ1v) is 6.08. The van der Waals surface area contributed by atoms with Crippen molar-refractivity contribution in [2.45, 2.75) is 25.5 Å². The third-order valence-electron chi connectivity index (χ3n) is 2.87. The van der Waals surface area contributed by atoms with Gasteiger partial charge in [0.05, 0.1) is 24.5 Å². The summed E-state index contributed by atoms with van der Waals surface area (Å²) >= 11 is 0. The van der Waals surface area contributed by atoms with Crippen molar-refractivity contribution in [3.63, 3.8) is 0 Å². The van der Waals surface area contributed by atoms with Gasteiger partial charge in [0.25, 0.3) is 0 Å². The number of hydrogen-bond donors (Lipinski definition) is 1. The standard InChI is InChI=1S/C12H15N5O/c1-3-11(18-6-1)9-17-8-10(7-15-17)16-12-13-4-2-5-14-12/h2,4-5,7-8,11H,1,3,6,9H2,(H,13,14,16). The van der Waals surface area contributed by atoms with Crippen molar-refractivity contribution < 1.29 is 4.74 Å².